The molecule has 0 aliphatic carbocycles. The van der Waals surface area contributed by atoms with Crippen LogP contribution in [0.4, 0.5) is 5.69 Å². The van der Waals surface area contributed by atoms with Gasteiger partial charge in [0.15, 0.2) is 5.03 Å². The average Bonchev–Trinajstić information content (AvgIpc) is 2.38. The van der Waals surface area contributed by atoms with Crippen molar-refractivity contribution in [3.63, 3.8) is 0 Å². The lowest BCUT2D eigenvalue weighted by Crippen LogP contribution is -2.35. The first-order valence-corrected chi connectivity index (χ1v) is 7.50. The minimum atomic E-state index is -3.54. The Hall–Kier alpha value is -1.14. The molecule has 0 saturated carbocycles. The van der Waals surface area contributed by atoms with E-state index < -0.39 is 10.0 Å². The molecule has 6 heteroatoms. The third-order valence-corrected chi connectivity index (χ3v) is 4.92. The summed E-state index contributed by atoms with van der Waals surface area (Å²) in [5.74, 6) is 0. The van der Waals surface area contributed by atoms with E-state index in [1.807, 2.05) is 13.8 Å². The van der Waals surface area contributed by atoms with Crippen LogP contribution in [0.15, 0.2) is 23.4 Å². The molecule has 1 unspecified atom stereocenters. The standard InChI is InChI=1S/C12H21N3O2S/c1-5-7-10(2)15(4)18(16,17)12-11(13-3)8-6-9-14-12/h6,8-10,13H,5,7H2,1-4H3. The highest BCUT2D eigenvalue weighted by Gasteiger charge is 2.28. The number of nitrogens with one attached hydrogen (secondary N) is 1. The fraction of sp³-hybridized carbons (Fsp3) is 0.583. The summed E-state index contributed by atoms with van der Waals surface area (Å²) in [6.45, 7) is 3.94. The van der Waals surface area contributed by atoms with Crippen molar-refractivity contribution >= 4 is 15.7 Å². The van der Waals surface area contributed by atoms with E-state index in [0.717, 1.165) is 12.8 Å². The van der Waals surface area contributed by atoms with Crippen LogP contribution in [0.25, 0.3) is 0 Å². The van der Waals surface area contributed by atoms with E-state index in [1.54, 1.807) is 26.2 Å². The third kappa shape index (κ3) is 3.00. The molecule has 0 saturated heterocycles. The molecule has 0 fully saturated rings. The lowest BCUT2D eigenvalue weighted by molar-refractivity contribution is 0.367. The summed E-state index contributed by atoms with van der Waals surface area (Å²) < 4.78 is 26.3. The van der Waals surface area contributed by atoms with E-state index in [9.17, 15) is 8.42 Å². The van der Waals surface area contributed by atoms with E-state index in [2.05, 4.69) is 10.3 Å². The number of hydrogen-bond donors (Lipinski definition) is 1. The number of sulfonamides is 1. The molecule has 1 atom stereocenters. The van der Waals surface area contributed by atoms with E-state index in [0.29, 0.717) is 5.69 Å². The Bertz CT molecular complexity index is 488. The normalized spacial score (nSPS) is 13.6. The first-order chi connectivity index (χ1) is 8.45. The van der Waals surface area contributed by atoms with Gasteiger partial charge in [-0.1, -0.05) is 13.3 Å². The predicted molar refractivity (Wildman–Crippen MR) is 73.1 cm³/mol. The second-order valence-corrected chi connectivity index (χ2v) is 6.18. The Kier molecular flexibility index (Phi) is 5.10. The summed E-state index contributed by atoms with van der Waals surface area (Å²) in [5, 5.41) is 2.94. The Balaban J connectivity index is 3.13. The quantitative estimate of drug-likeness (QED) is 0.859. The van der Waals surface area contributed by atoms with Crippen molar-refractivity contribution in [1.29, 1.82) is 0 Å². The van der Waals surface area contributed by atoms with Crippen LogP contribution in [0, 0.1) is 0 Å². The van der Waals surface area contributed by atoms with Crippen molar-refractivity contribution in [2.45, 2.75) is 37.8 Å². The largest absolute Gasteiger partial charge is 0.386 e. The summed E-state index contributed by atoms with van der Waals surface area (Å²) in [5.41, 5.74) is 0.521. The maximum Gasteiger partial charge on any atom is 0.262 e. The summed E-state index contributed by atoms with van der Waals surface area (Å²) in [4.78, 5) is 3.99. The van der Waals surface area contributed by atoms with Gasteiger partial charge in [0.25, 0.3) is 10.0 Å². The number of aromatic nitrogens is 1. The van der Waals surface area contributed by atoms with Crippen molar-refractivity contribution in [3.8, 4) is 0 Å². The van der Waals surface area contributed by atoms with E-state index in [1.165, 1.54) is 10.5 Å². The molecule has 0 amide bonds. The average molecular weight is 271 g/mol. The first kappa shape index (κ1) is 14.9. The van der Waals surface area contributed by atoms with Gasteiger partial charge in [-0.05, 0) is 25.5 Å². The molecule has 1 aromatic heterocycles. The molecule has 0 bridgehead atoms. The lowest BCUT2D eigenvalue weighted by Gasteiger charge is -2.24. The number of anilines is 1. The molecule has 18 heavy (non-hydrogen) atoms. The molecule has 0 aliphatic heterocycles. The molecule has 1 N–H and O–H groups in total. The van der Waals surface area contributed by atoms with Crippen LogP contribution in [0.1, 0.15) is 26.7 Å². The van der Waals surface area contributed by atoms with Crippen LogP contribution < -0.4 is 5.32 Å². The van der Waals surface area contributed by atoms with Gasteiger partial charge in [-0.15, -0.1) is 0 Å². The smallest absolute Gasteiger partial charge is 0.262 e. The summed E-state index contributed by atoms with van der Waals surface area (Å²) >= 11 is 0. The summed E-state index contributed by atoms with van der Waals surface area (Å²) in [6, 6.07) is 3.38. The number of pyridine rings is 1. The molecule has 5 nitrogen and oxygen atoms in total. The summed E-state index contributed by atoms with van der Waals surface area (Å²) in [7, 11) is -0.256. The molecular weight excluding hydrogens is 250 g/mol. The molecular formula is C12H21N3O2S. The van der Waals surface area contributed by atoms with E-state index >= 15 is 0 Å². The van der Waals surface area contributed by atoms with Crippen molar-refractivity contribution in [1.82, 2.24) is 9.29 Å². The van der Waals surface area contributed by atoms with E-state index in [-0.39, 0.29) is 11.1 Å². The monoisotopic (exact) mass is 271 g/mol. The van der Waals surface area contributed by atoms with Gasteiger partial charge in [0, 0.05) is 26.3 Å². The zero-order valence-electron chi connectivity index (χ0n) is 11.3. The SMILES string of the molecule is CCCC(C)N(C)S(=O)(=O)c1ncccc1NC. The third-order valence-electron chi connectivity index (χ3n) is 2.99. The number of hydrogen-bond acceptors (Lipinski definition) is 4. The van der Waals surface area contributed by atoms with Crippen LogP contribution >= 0.6 is 0 Å². The Morgan fingerprint density at radius 3 is 2.72 bits per heavy atom. The molecule has 102 valence electrons. The second kappa shape index (κ2) is 6.15. The number of rotatable bonds is 6. The van der Waals surface area contributed by atoms with Crippen molar-refractivity contribution < 1.29 is 8.42 Å². The van der Waals surface area contributed by atoms with Crippen molar-refractivity contribution in [3.05, 3.63) is 18.3 Å². The minimum absolute atomic E-state index is 0.0355. The van der Waals surface area contributed by atoms with Crippen LogP contribution in [-0.2, 0) is 10.0 Å². The zero-order valence-corrected chi connectivity index (χ0v) is 12.2. The fourth-order valence-electron chi connectivity index (χ4n) is 1.76. The minimum Gasteiger partial charge on any atom is -0.386 e. The van der Waals surface area contributed by atoms with Gasteiger partial charge in [0.1, 0.15) is 0 Å². The van der Waals surface area contributed by atoms with Gasteiger partial charge in [-0.25, -0.2) is 13.4 Å². The Morgan fingerprint density at radius 2 is 2.17 bits per heavy atom. The van der Waals surface area contributed by atoms with Crippen LogP contribution in [-0.4, -0.2) is 37.8 Å². The Labute approximate surface area is 109 Å². The Morgan fingerprint density at radius 1 is 1.50 bits per heavy atom. The number of nitrogens with zero attached hydrogens (tertiary/aromatic N) is 2. The first-order valence-electron chi connectivity index (χ1n) is 6.06. The summed E-state index contributed by atoms with van der Waals surface area (Å²) in [6.07, 6.45) is 3.27. The zero-order chi connectivity index (χ0) is 13.8. The van der Waals surface area contributed by atoms with Crippen molar-refractivity contribution in [2.75, 3.05) is 19.4 Å². The van der Waals surface area contributed by atoms with Gasteiger partial charge >= 0.3 is 0 Å². The molecule has 0 spiro atoms. The predicted octanol–water partition coefficient (Wildman–Crippen LogP) is 1.93. The highest BCUT2D eigenvalue weighted by molar-refractivity contribution is 7.89. The molecule has 1 rings (SSSR count). The van der Waals surface area contributed by atoms with Gasteiger partial charge in [-0.3, -0.25) is 0 Å². The lowest BCUT2D eigenvalue weighted by atomic mass is 10.2. The fourth-order valence-corrected chi connectivity index (χ4v) is 3.25. The highest BCUT2D eigenvalue weighted by Crippen LogP contribution is 2.23. The second-order valence-electron chi connectivity index (χ2n) is 4.27. The molecule has 0 radical (unpaired) electrons. The van der Waals surface area contributed by atoms with E-state index in [4.69, 9.17) is 0 Å². The van der Waals surface area contributed by atoms with Gasteiger partial charge in [-0.2, -0.15) is 4.31 Å². The topological polar surface area (TPSA) is 62.3 Å². The van der Waals surface area contributed by atoms with Crippen LogP contribution in [0.3, 0.4) is 0 Å². The van der Waals surface area contributed by atoms with Gasteiger partial charge < -0.3 is 5.32 Å². The van der Waals surface area contributed by atoms with Gasteiger partial charge in [0.05, 0.1) is 5.69 Å². The highest BCUT2D eigenvalue weighted by atomic mass is 32.2. The van der Waals surface area contributed by atoms with Crippen LogP contribution in [0.5, 0.6) is 0 Å². The molecule has 1 aromatic rings. The van der Waals surface area contributed by atoms with Crippen LogP contribution in [0.2, 0.25) is 0 Å². The molecule has 0 aromatic carbocycles. The maximum absolute atomic E-state index is 12.5. The maximum atomic E-state index is 12.5. The van der Waals surface area contributed by atoms with Crippen molar-refractivity contribution in [2.24, 2.45) is 0 Å². The molecule has 1 heterocycles. The molecule has 0 aliphatic rings. The van der Waals surface area contributed by atoms with Gasteiger partial charge in [0.2, 0.25) is 0 Å².